The first-order valence-electron chi connectivity index (χ1n) is 13.3. The number of cyclic esters (lactones) is 1. The van der Waals surface area contributed by atoms with Crippen molar-refractivity contribution < 1.29 is 45.1 Å². The summed E-state index contributed by atoms with van der Waals surface area (Å²) in [4.78, 5) is 31.3. The minimum absolute atomic E-state index is 0.00982. The number of carbonyl (C=O) groups excluding carboxylic acids is 2. The Balaban J connectivity index is 1.71. The van der Waals surface area contributed by atoms with Crippen LogP contribution in [0.1, 0.15) is 49.1 Å². The van der Waals surface area contributed by atoms with E-state index in [1.54, 1.807) is 12.3 Å². The van der Waals surface area contributed by atoms with Gasteiger partial charge in [0.25, 0.3) is 0 Å². The van der Waals surface area contributed by atoms with E-state index >= 15 is 0 Å². The van der Waals surface area contributed by atoms with Crippen LogP contribution in [-0.4, -0.2) is 43.0 Å². The molecule has 0 spiro atoms. The maximum atomic E-state index is 13.6. The fourth-order valence-corrected chi connectivity index (χ4v) is 5.45. The van der Waals surface area contributed by atoms with Crippen molar-refractivity contribution in [1.29, 1.82) is 0 Å². The molecule has 0 unspecified atom stereocenters. The molecule has 1 aliphatic heterocycles. The Morgan fingerprint density at radius 2 is 1.60 bits per heavy atom. The summed E-state index contributed by atoms with van der Waals surface area (Å²) in [6, 6.07) is 5.93. The third kappa shape index (κ3) is 6.95. The van der Waals surface area contributed by atoms with Gasteiger partial charge in [0, 0.05) is 24.3 Å². The molecule has 0 saturated carbocycles. The summed E-state index contributed by atoms with van der Waals surface area (Å²) >= 11 is 0. The summed E-state index contributed by atoms with van der Waals surface area (Å²) < 4.78 is 93.3. The summed E-state index contributed by atoms with van der Waals surface area (Å²) in [6.07, 6.45) is -9.95. The zero-order valence-corrected chi connectivity index (χ0v) is 25.1. The minimum atomic E-state index is -5.12. The van der Waals surface area contributed by atoms with Crippen molar-refractivity contribution in [1.82, 2.24) is 15.2 Å². The predicted octanol–water partition coefficient (Wildman–Crippen LogP) is 8.07. The minimum Gasteiger partial charge on any atom is -0.439 e. The van der Waals surface area contributed by atoms with Gasteiger partial charge in [0.15, 0.2) is 14.4 Å². The van der Waals surface area contributed by atoms with Crippen molar-refractivity contribution in [2.24, 2.45) is 0 Å². The highest BCUT2D eigenvalue weighted by atomic mass is 28.4. The van der Waals surface area contributed by atoms with E-state index < -0.39 is 61.6 Å². The molecular formula is C29H31F6N3O4Si. The second kappa shape index (κ2) is 11.4. The van der Waals surface area contributed by atoms with Crippen LogP contribution >= 0.6 is 0 Å². The molecule has 232 valence electrons. The number of benzene rings is 2. The Bertz CT molecular complexity index is 1480. The molecule has 0 radical (unpaired) electrons. The molecule has 2 heterocycles. The number of imide groups is 1. The molecule has 14 heteroatoms. The van der Waals surface area contributed by atoms with Crippen LogP contribution in [0.25, 0.3) is 10.8 Å². The van der Waals surface area contributed by atoms with Crippen molar-refractivity contribution in [3.05, 3.63) is 77.1 Å². The monoisotopic (exact) mass is 627 g/mol. The molecule has 3 aromatic rings. The number of urea groups is 1. The third-order valence-electron chi connectivity index (χ3n) is 7.86. The van der Waals surface area contributed by atoms with Gasteiger partial charge < -0.3 is 14.5 Å². The zero-order valence-electron chi connectivity index (χ0n) is 24.1. The smallest absolute Gasteiger partial charge is 0.419 e. The summed E-state index contributed by atoms with van der Waals surface area (Å²) in [5.74, 6) is 0. The second-order valence-corrected chi connectivity index (χ2v) is 16.6. The third-order valence-corrected chi connectivity index (χ3v) is 12.4. The first-order chi connectivity index (χ1) is 19.8. The fraction of sp³-hybridized carbons (Fsp3) is 0.414. The molecule has 43 heavy (non-hydrogen) atoms. The van der Waals surface area contributed by atoms with Crippen LogP contribution < -0.4 is 5.32 Å². The van der Waals surface area contributed by atoms with Gasteiger partial charge in [0.1, 0.15) is 6.04 Å². The van der Waals surface area contributed by atoms with E-state index in [2.05, 4.69) is 10.3 Å². The van der Waals surface area contributed by atoms with Gasteiger partial charge in [-0.15, -0.1) is 0 Å². The molecule has 0 bridgehead atoms. The van der Waals surface area contributed by atoms with Gasteiger partial charge in [0.05, 0.1) is 17.7 Å². The number of amides is 3. The number of nitrogens with zero attached hydrogens (tertiary/aromatic N) is 2. The molecule has 1 aromatic heterocycles. The number of aromatic nitrogens is 1. The van der Waals surface area contributed by atoms with Crippen LogP contribution in [0.5, 0.6) is 0 Å². The first-order valence-corrected chi connectivity index (χ1v) is 16.2. The quantitative estimate of drug-likeness (QED) is 0.221. The molecule has 4 rings (SSSR count). The Hall–Kier alpha value is -3.65. The van der Waals surface area contributed by atoms with Crippen LogP contribution in [0.2, 0.25) is 18.1 Å². The van der Waals surface area contributed by atoms with Crippen LogP contribution in [0.3, 0.4) is 0 Å². The lowest BCUT2D eigenvalue weighted by Gasteiger charge is -2.37. The van der Waals surface area contributed by atoms with Crippen molar-refractivity contribution in [3.63, 3.8) is 0 Å². The Morgan fingerprint density at radius 1 is 1.00 bits per heavy atom. The standard InChI is InChI=1S/C29H31F6N3O4Si/c1-27(2,3)43(4,5)41-16-23-24(18-10-20(28(30,31)32)12-21(11-18)29(33,34)35)42-26(40)38(23)25(39)37-15-19-14-36-13-17-8-6-7-9-22(17)19/h6-14,23-24H,15-16H2,1-5H3,(H,37,39)/t23-,24+/m0/s1. The van der Waals surface area contributed by atoms with E-state index in [0.717, 1.165) is 10.8 Å². The number of nitrogens with one attached hydrogen (secondary N) is 1. The lowest BCUT2D eigenvalue weighted by atomic mass is 9.97. The number of halogens is 6. The first kappa shape index (κ1) is 32.3. The van der Waals surface area contributed by atoms with Crippen LogP contribution in [-0.2, 0) is 28.1 Å². The van der Waals surface area contributed by atoms with E-state index in [0.29, 0.717) is 22.6 Å². The van der Waals surface area contributed by atoms with Gasteiger partial charge in [-0.3, -0.25) is 4.98 Å². The molecule has 2 atom stereocenters. The molecule has 0 aliphatic carbocycles. The molecule has 7 nitrogen and oxygen atoms in total. The highest BCUT2D eigenvalue weighted by Gasteiger charge is 2.49. The Kier molecular flexibility index (Phi) is 8.59. The number of carbonyl (C=O) groups is 2. The molecular weight excluding hydrogens is 596 g/mol. The molecule has 3 amide bonds. The van der Waals surface area contributed by atoms with Gasteiger partial charge in [-0.2, -0.15) is 26.3 Å². The molecule has 2 aromatic carbocycles. The van der Waals surface area contributed by atoms with E-state index in [1.807, 2.05) is 52.1 Å². The van der Waals surface area contributed by atoms with Crippen LogP contribution in [0.4, 0.5) is 35.9 Å². The number of pyridine rings is 1. The summed E-state index contributed by atoms with van der Waals surface area (Å²) in [5.41, 5.74) is -3.07. The van der Waals surface area contributed by atoms with E-state index in [-0.39, 0.29) is 24.3 Å². The fourth-order valence-electron chi connectivity index (χ4n) is 4.43. The number of fused-ring (bicyclic) bond motifs is 1. The van der Waals surface area contributed by atoms with E-state index in [1.165, 1.54) is 6.20 Å². The zero-order chi connectivity index (χ0) is 32.0. The molecule has 1 N–H and O–H groups in total. The average Bonchev–Trinajstić information content (AvgIpc) is 3.24. The van der Waals surface area contributed by atoms with Gasteiger partial charge in [-0.05, 0) is 52.8 Å². The molecule has 1 fully saturated rings. The lowest BCUT2D eigenvalue weighted by Crippen LogP contribution is -2.50. The van der Waals surface area contributed by atoms with Crippen molar-refractivity contribution in [2.45, 2.75) is 69.9 Å². The molecule has 1 aliphatic rings. The average molecular weight is 628 g/mol. The van der Waals surface area contributed by atoms with Crippen LogP contribution in [0.15, 0.2) is 54.9 Å². The van der Waals surface area contributed by atoms with Gasteiger partial charge >= 0.3 is 24.5 Å². The normalized spacial score (nSPS) is 18.2. The Labute approximate surface area is 245 Å². The van der Waals surface area contributed by atoms with Gasteiger partial charge in [-0.25, -0.2) is 14.5 Å². The SMILES string of the molecule is CC(C)(C)[Si](C)(C)OC[C@H]1[C@@H](c2cc(C(F)(F)F)cc(C(F)(F)F)c2)OC(=O)N1C(=O)NCc1cncc2ccccc12. The van der Waals surface area contributed by atoms with Crippen molar-refractivity contribution in [2.75, 3.05) is 6.61 Å². The van der Waals surface area contributed by atoms with Crippen LogP contribution in [0, 0.1) is 0 Å². The number of rotatable bonds is 6. The topological polar surface area (TPSA) is 80.8 Å². The number of alkyl halides is 6. The predicted molar refractivity (Wildman–Crippen MR) is 148 cm³/mol. The van der Waals surface area contributed by atoms with Crippen molar-refractivity contribution >= 4 is 31.2 Å². The summed E-state index contributed by atoms with van der Waals surface area (Å²) in [5, 5.41) is 3.87. The highest BCUT2D eigenvalue weighted by Crippen LogP contribution is 2.42. The Morgan fingerprint density at radius 3 is 2.19 bits per heavy atom. The lowest BCUT2D eigenvalue weighted by molar-refractivity contribution is -0.143. The number of ether oxygens (including phenoxy) is 1. The maximum Gasteiger partial charge on any atom is 0.419 e. The van der Waals surface area contributed by atoms with E-state index in [4.69, 9.17) is 9.16 Å². The van der Waals surface area contributed by atoms with Gasteiger partial charge in [-0.1, -0.05) is 45.0 Å². The number of hydrogen-bond acceptors (Lipinski definition) is 5. The number of hydrogen-bond donors (Lipinski definition) is 1. The van der Waals surface area contributed by atoms with Crippen molar-refractivity contribution in [3.8, 4) is 0 Å². The largest absolute Gasteiger partial charge is 0.439 e. The van der Waals surface area contributed by atoms with E-state index in [9.17, 15) is 35.9 Å². The summed E-state index contributed by atoms with van der Waals surface area (Å²) in [7, 11) is -2.57. The highest BCUT2D eigenvalue weighted by molar-refractivity contribution is 6.74. The second-order valence-electron chi connectivity index (χ2n) is 11.8. The summed E-state index contributed by atoms with van der Waals surface area (Å²) in [6.45, 7) is 9.11. The molecule has 1 saturated heterocycles. The maximum absolute atomic E-state index is 13.6. The van der Waals surface area contributed by atoms with Gasteiger partial charge in [0.2, 0.25) is 0 Å².